The van der Waals surface area contributed by atoms with E-state index in [-0.39, 0.29) is 11.5 Å². The van der Waals surface area contributed by atoms with E-state index in [2.05, 4.69) is 15.9 Å². The molecule has 0 saturated heterocycles. The van der Waals surface area contributed by atoms with E-state index < -0.39 is 4.92 Å². The van der Waals surface area contributed by atoms with Crippen LogP contribution in [0.4, 0.5) is 5.69 Å². The molecule has 20 heavy (non-hydrogen) atoms. The molecule has 0 amide bonds. The summed E-state index contributed by atoms with van der Waals surface area (Å²) >= 11 is 3.23. The SMILES string of the molecule is CCC(=O)c1ccn(Cc2ccc(Br)cc2[N+](=O)[O-])c1. The number of aromatic nitrogens is 1. The van der Waals surface area contributed by atoms with Gasteiger partial charge in [-0.3, -0.25) is 14.9 Å². The number of carbonyl (C=O) groups excluding carboxylic acids is 1. The molecule has 0 fully saturated rings. The number of nitro groups is 1. The number of Topliss-reactive ketones (excluding diaryl/α,β-unsaturated/α-hetero) is 1. The smallest absolute Gasteiger partial charge is 0.275 e. The van der Waals surface area contributed by atoms with Gasteiger partial charge in [-0.1, -0.05) is 22.9 Å². The summed E-state index contributed by atoms with van der Waals surface area (Å²) in [7, 11) is 0. The highest BCUT2D eigenvalue weighted by atomic mass is 79.9. The first kappa shape index (κ1) is 14.5. The zero-order valence-corrected chi connectivity index (χ0v) is 12.5. The van der Waals surface area contributed by atoms with Crippen molar-refractivity contribution in [2.24, 2.45) is 0 Å². The average Bonchev–Trinajstić information content (AvgIpc) is 2.88. The maximum absolute atomic E-state index is 11.6. The number of rotatable bonds is 5. The molecule has 104 valence electrons. The lowest BCUT2D eigenvalue weighted by Gasteiger charge is -2.05. The van der Waals surface area contributed by atoms with E-state index in [1.54, 1.807) is 42.1 Å². The Morgan fingerprint density at radius 1 is 1.40 bits per heavy atom. The molecule has 2 aromatic rings. The molecule has 0 saturated carbocycles. The number of ketones is 1. The second-order valence-electron chi connectivity index (χ2n) is 4.38. The molecule has 0 unspecified atom stereocenters. The van der Waals surface area contributed by atoms with Crippen LogP contribution in [0.2, 0.25) is 0 Å². The average molecular weight is 337 g/mol. The summed E-state index contributed by atoms with van der Waals surface area (Å²) in [6.07, 6.45) is 3.93. The third kappa shape index (κ3) is 3.14. The number of halogens is 1. The van der Waals surface area contributed by atoms with Gasteiger partial charge in [0.15, 0.2) is 5.78 Å². The quantitative estimate of drug-likeness (QED) is 0.473. The fraction of sp³-hybridized carbons (Fsp3) is 0.214. The second-order valence-corrected chi connectivity index (χ2v) is 5.30. The van der Waals surface area contributed by atoms with Gasteiger partial charge in [-0.05, 0) is 18.2 Å². The Morgan fingerprint density at radius 2 is 2.15 bits per heavy atom. The van der Waals surface area contributed by atoms with Gasteiger partial charge in [0.2, 0.25) is 0 Å². The topological polar surface area (TPSA) is 65.1 Å². The van der Waals surface area contributed by atoms with Crippen molar-refractivity contribution >= 4 is 27.4 Å². The van der Waals surface area contributed by atoms with Crippen LogP contribution in [0, 0.1) is 10.1 Å². The molecule has 0 atom stereocenters. The Kier molecular flexibility index (Phi) is 4.34. The van der Waals surface area contributed by atoms with Crippen molar-refractivity contribution in [2.75, 3.05) is 0 Å². The van der Waals surface area contributed by atoms with Gasteiger partial charge in [0.1, 0.15) is 0 Å². The summed E-state index contributed by atoms with van der Waals surface area (Å²) in [5, 5.41) is 11.0. The molecule has 2 rings (SSSR count). The van der Waals surface area contributed by atoms with E-state index >= 15 is 0 Å². The first-order chi connectivity index (χ1) is 9.51. The highest BCUT2D eigenvalue weighted by molar-refractivity contribution is 9.10. The van der Waals surface area contributed by atoms with Gasteiger partial charge < -0.3 is 4.57 Å². The van der Waals surface area contributed by atoms with Gasteiger partial charge in [-0.15, -0.1) is 0 Å². The van der Waals surface area contributed by atoms with Crippen molar-refractivity contribution in [2.45, 2.75) is 19.9 Å². The summed E-state index contributed by atoms with van der Waals surface area (Å²) < 4.78 is 2.45. The summed E-state index contributed by atoms with van der Waals surface area (Å²) in [6, 6.07) is 6.70. The first-order valence-corrected chi connectivity index (χ1v) is 6.92. The van der Waals surface area contributed by atoms with Crippen molar-refractivity contribution in [3.05, 3.63) is 62.4 Å². The highest BCUT2D eigenvalue weighted by Crippen LogP contribution is 2.24. The number of nitro benzene ring substituents is 1. The maximum Gasteiger partial charge on any atom is 0.275 e. The van der Waals surface area contributed by atoms with Crippen LogP contribution in [-0.2, 0) is 6.54 Å². The molecule has 5 nitrogen and oxygen atoms in total. The normalized spacial score (nSPS) is 10.5. The van der Waals surface area contributed by atoms with E-state index in [1.165, 1.54) is 6.07 Å². The molecule has 0 N–H and O–H groups in total. The van der Waals surface area contributed by atoms with Crippen molar-refractivity contribution in [1.82, 2.24) is 4.57 Å². The van der Waals surface area contributed by atoms with Gasteiger partial charge in [0.25, 0.3) is 5.69 Å². The van der Waals surface area contributed by atoms with Crippen LogP contribution in [-0.4, -0.2) is 15.3 Å². The molecule has 0 spiro atoms. The second kappa shape index (κ2) is 6.00. The molecule has 0 radical (unpaired) electrons. The van der Waals surface area contributed by atoms with Crippen LogP contribution in [0.5, 0.6) is 0 Å². The van der Waals surface area contributed by atoms with Crippen LogP contribution in [0.3, 0.4) is 0 Å². The first-order valence-electron chi connectivity index (χ1n) is 6.13. The Balaban J connectivity index is 2.28. The molecule has 0 bridgehead atoms. The van der Waals surface area contributed by atoms with Gasteiger partial charge in [0, 0.05) is 40.5 Å². The largest absolute Gasteiger partial charge is 0.349 e. The Hall–Kier alpha value is -1.95. The van der Waals surface area contributed by atoms with E-state index in [9.17, 15) is 14.9 Å². The van der Waals surface area contributed by atoms with Gasteiger partial charge in [-0.2, -0.15) is 0 Å². The molecule has 0 aliphatic heterocycles. The number of carbonyl (C=O) groups is 1. The summed E-state index contributed by atoms with van der Waals surface area (Å²) in [6.45, 7) is 2.17. The molecule has 6 heteroatoms. The Labute approximate surface area is 124 Å². The Morgan fingerprint density at radius 3 is 2.80 bits per heavy atom. The fourth-order valence-corrected chi connectivity index (χ4v) is 2.29. The predicted molar refractivity (Wildman–Crippen MR) is 79.0 cm³/mol. The number of benzene rings is 1. The minimum absolute atomic E-state index is 0.0639. The van der Waals surface area contributed by atoms with Crippen molar-refractivity contribution in [3.8, 4) is 0 Å². The molecule has 0 aliphatic rings. The van der Waals surface area contributed by atoms with Crippen molar-refractivity contribution in [3.63, 3.8) is 0 Å². The third-order valence-corrected chi connectivity index (χ3v) is 3.48. The number of hydrogen-bond acceptors (Lipinski definition) is 3. The molecule has 0 aliphatic carbocycles. The monoisotopic (exact) mass is 336 g/mol. The minimum Gasteiger partial charge on any atom is -0.349 e. The maximum atomic E-state index is 11.6. The lowest BCUT2D eigenvalue weighted by atomic mass is 10.2. The Bertz CT molecular complexity index is 664. The van der Waals surface area contributed by atoms with Crippen LogP contribution in [0.1, 0.15) is 29.3 Å². The van der Waals surface area contributed by atoms with E-state index in [4.69, 9.17) is 0 Å². The molecular weight excluding hydrogens is 324 g/mol. The summed E-state index contributed by atoms with van der Waals surface area (Å²) in [5.41, 5.74) is 1.30. The standard InChI is InChI=1S/C14H13BrN2O3/c1-2-14(18)11-5-6-16(9-11)8-10-3-4-12(15)7-13(10)17(19)20/h3-7,9H,2,8H2,1H3. The number of nitrogens with zero attached hydrogens (tertiary/aromatic N) is 2. The van der Waals surface area contributed by atoms with E-state index in [1.807, 2.05) is 0 Å². The number of hydrogen-bond donors (Lipinski definition) is 0. The predicted octanol–water partition coefficient (Wildman–Crippen LogP) is 3.80. The molecular formula is C14H13BrN2O3. The zero-order valence-electron chi connectivity index (χ0n) is 10.9. The summed E-state index contributed by atoms with van der Waals surface area (Å²) in [5.74, 6) is 0.0639. The molecule has 1 heterocycles. The molecule has 1 aromatic heterocycles. The van der Waals surface area contributed by atoms with Crippen molar-refractivity contribution in [1.29, 1.82) is 0 Å². The third-order valence-electron chi connectivity index (χ3n) is 2.99. The van der Waals surface area contributed by atoms with Gasteiger partial charge in [0.05, 0.1) is 11.5 Å². The molecule has 1 aromatic carbocycles. The van der Waals surface area contributed by atoms with E-state index in [0.29, 0.717) is 28.6 Å². The van der Waals surface area contributed by atoms with Gasteiger partial charge in [-0.25, -0.2) is 0 Å². The van der Waals surface area contributed by atoms with Crippen LogP contribution >= 0.6 is 15.9 Å². The summed E-state index contributed by atoms with van der Waals surface area (Å²) in [4.78, 5) is 22.2. The van der Waals surface area contributed by atoms with Crippen LogP contribution < -0.4 is 0 Å². The van der Waals surface area contributed by atoms with Crippen LogP contribution in [0.25, 0.3) is 0 Å². The highest BCUT2D eigenvalue weighted by Gasteiger charge is 2.15. The lowest BCUT2D eigenvalue weighted by molar-refractivity contribution is -0.385. The zero-order chi connectivity index (χ0) is 14.7. The minimum atomic E-state index is -0.401. The van der Waals surface area contributed by atoms with Crippen LogP contribution in [0.15, 0.2) is 41.1 Å². The van der Waals surface area contributed by atoms with Crippen molar-refractivity contribution < 1.29 is 9.72 Å². The van der Waals surface area contributed by atoms with Gasteiger partial charge >= 0.3 is 0 Å². The van der Waals surface area contributed by atoms with E-state index in [0.717, 1.165) is 0 Å². The fourth-order valence-electron chi connectivity index (χ4n) is 1.95. The lowest BCUT2D eigenvalue weighted by Crippen LogP contribution is -2.02.